The van der Waals surface area contributed by atoms with Crippen molar-refractivity contribution in [1.82, 2.24) is 5.32 Å². The first-order valence-electron chi connectivity index (χ1n) is 5.70. The van der Waals surface area contributed by atoms with Crippen LogP contribution in [0.15, 0.2) is 18.2 Å². The predicted octanol–water partition coefficient (Wildman–Crippen LogP) is 2.65. The van der Waals surface area contributed by atoms with Gasteiger partial charge in [0.1, 0.15) is 11.4 Å². The molecule has 1 aromatic carbocycles. The second kappa shape index (κ2) is 6.09. The van der Waals surface area contributed by atoms with Crippen LogP contribution >= 0.6 is 0 Å². The Morgan fingerprint density at radius 1 is 1.56 bits per heavy atom. The zero-order valence-electron chi connectivity index (χ0n) is 10.3. The molecule has 18 heavy (non-hydrogen) atoms. The highest BCUT2D eigenvalue weighted by atomic mass is 19.1. The monoisotopic (exact) mass is 254 g/mol. The Labute approximate surface area is 104 Å². The molecule has 0 aliphatic rings. The molecule has 0 heterocycles. The molecule has 0 saturated carbocycles. The van der Waals surface area contributed by atoms with Gasteiger partial charge in [0.25, 0.3) is 11.6 Å². The second-order valence-electron chi connectivity index (χ2n) is 4.08. The minimum absolute atomic E-state index is 0.106. The van der Waals surface area contributed by atoms with Gasteiger partial charge in [0.05, 0.1) is 4.92 Å². The average molecular weight is 254 g/mol. The van der Waals surface area contributed by atoms with Gasteiger partial charge in [-0.1, -0.05) is 13.3 Å². The number of amides is 1. The molecule has 1 aromatic rings. The Bertz CT molecular complexity index is 463. The lowest BCUT2D eigenvalue weighted by molar-refractivity contribution is -0.385. The molecule has 0 fully saturated rings. The molecular weight excluding hydrogens is 239 g/mol. The van der Waals surface area contributed by atoms with Crippen molar-refractivity contribution < 1.29 is 14.1 Å². The normalized spacial score (nSPS) is 11.9. The van der Waals surface area contributed by atoms with E-state index in [4.69, 9.17) is 0 Å². The molecule has 0 saturated heterocycles. The van der Waals surface area contributed by atoms with E-state index in [1.165, 1.54) is 0 Å². The number of hydrogen-bond acceptors (Lipinski definition) is 3. The zero-order valence-corrected chi connectivity index (χ0v) is 10.3. The topological polar surface area (TPSA) is 72.2 Å². The molecule has 0 bridgehead atoms. The number of rotatable bonds is 5. The van der Waals surface area contributed by atoms with Crippen LogP contribution in [0, 0.1) is 15.9 Å². The van der Waals surface area contributed by atoms with Crippen molar-refractivity contribution in [2.45, 2.75) is 32.7 Å². The van der Waals surface area contributed by atoms with E-state index in [-0.39, 0.29) is 11.6 Å². The zero-order chi connectivity index (χ0) is 13.7. The summed E-state index contributed by atoms with van der Waals surface area (Å²) in [6, 6.07) is 2.73. The third-order valence-corrected chi connectivity index (χ3v) is 2.50. The predicted molar refractivity (Wildman–Crippen MR) is 64.9 cm³/mol. The fourth-order valence-electron chi connectivity index (χ4n) is 1.66. The highest BCUT2D eigenvalue weighted by Gasteiger charge is 2.21. The van der Waals surface area contributed by atoms with E-state index in [0.29, 0.717) is 0 Å². The van der Waals surface area contributed by atoms with E-state index < -0.39 is 22.3 Å². The lowest BCUT2D eigenvalue weighted by atomic mass is 10.1. The molecule has 6 heteroatoms. The van der Waals surface area contributed by atoms with Crippen LogP contribution < -0.4 is 5.32 Å². The van der Waals surface area contributed by atoms with Crippen LogP contribution in [0.2, 0.25) is 0 Å². The van der Waals surface area contributed by atoms with Gasteiger partial charge in [-0.25, -0.2) is 4.39 Å². The quantitative estimate of drug-likeness (QED) is 0.648. The first-order chi connectivity index (χ1) is 8.45. The maximum Gasteiger partial charge on any atom is 0.282 e. The molecule has 0 spiro atoms. The molecular formula is C12H15FN2O3. The summed E-state index contributed by atoms with van der Waals surface area (Å²) < 4.78 is 13.1. The van der Waals surface area contributed by atoms with Gasteiger partial charge in [0, 0.05) is 12.1 Å². The number of nitrogens with zero attached hydrogens (tertiary/aromatic N) is 1. The summed E-state index contributed by atoms with van der Waals surface area (Å²) in [5, 5.41) is 13.4. The molecule has 1 rings (SSSR count). The maximum absolute atomic E-state index is 13.1. The molecule has 0 radical (unpaired) electrons. The summed E-state index contributed by atoms with van der Waals surface area (Å²) in [6.45, 7) is 3.76. The fraction of sp³-hybridized carbons (Fsp3) is 0.417. The van der Waals surface area contributed by atoms with Gasteiger partial charge >= 0.3 is 0 Å². The van der Waals surface area contributed by atoms with Crippen LogP contribution in [0.5, 0.6) is 0 Å². The van der Waals surface area contributed by atoms with Crippen molar-refractivity contribution in [1.29, 1.82) is 0 Å². The van der Waals surface area contributed by atoms with Crippen molar-refractivity contribution >= 4 is 11.6 Å². The Morgan fingerprint density at radius 3 is 2.78 bits per heavy atom. The van der Waals surface area contributed by atoms with Crippen LogP contribution in [0.1, 0.15) is 37.0 Å². The van der Waals surface area contributed by atoms with E-state index >= 15 is 0 Å². The highest BCUT2D eigenvalue weighted by Crippen LogP contribution is 2.19. The number of nitro groups is 1. The van der Waals surface area contributed by atoms with E-state index in [1.807, 2.05) is 6.92 Å². The second-order valence-corrected chi connectivity index (χ2v) is 4.08. The number of nitro benzene ring substituents is 1. The van der Waals surface area contributed by atoms with Crippen LogP contribution in [0.3, 0.4) is 0 Å². The van der Waals surface area contributed by atoms with Gasteiger partial charge in [0.15, 0.2) is 0 Å². The standard InChI is InChI=1S/C12H15FN2O3/c1-3-4-8(2)14-12(16)10-7-9(13)5-6-11(10)15(17)18/h5-8H,3-4H2,1-2H3,(H,14,16). The lowest BCUT2D eigenvalue weighted by Crippen LogP contribution is -2.32. The maximum atomic E-state index is 13.1. The van der Waals surface area contributed by atoms with Crippen LogP contribution in [0.4, 0.5) is 10.1 Å². The summed E-state index contributed by atoms with van der Waals surface area (Å²) in [7, 11) is 0. The van der Waals surface area contributed by atoms with E-state index in [0.717, 1.165) is 31.0 Å². The molecule has 0 aliphatic heterocycles. The molecule has 1 amide bonds. The molecule has 5 nitrogen and oxygen atoms in total. The summed E-state index contributed by atoms with van der Waals surface area (Å²) in [6.07, 6.45) is 1.64. The van der Waals surface area contributed by atoms with Gasteiger partial charge in [-0.05, 0) is 25.5 Å². The van der Waals surface area contributed by atoms with Crippen molar-refractivity contribution in [3.8, 4) is 0 Å². The van der Waals surface area contributed by atoms with Crippen LogP contribution in [0.25, 0.3) is 0 Å². The van der Waals surface area contributed by atoms with Crippen LogP contribution in [-0.2, 0) is 0 Å². The van der Waals surface area contributed by atoms with E-state index in [1.54, 1.807) is 6.92 Å². The Balaban J connectivity index is 2.97. The smallest absolute Gasteiger partial charge is 0.282 e. The van der Waals surface area contributed by atoms with Gasteiger partial charge in [-0.3, -0.25) is 14.9 Å². The summed E-state index contributed by atoms with van der Waals surface area (Å²) >= 11 is 0. The van der Waals surface area contributed by atoms with Gasteiger partial charge < -0.3 is 5.32 Å². The Kier molecular flexibility index (Phi) is 4.76. The third kappa shape index (κ3) is 3.51. The number of nitrogens with one attached hydrogen (secondary N) is 1. The van der Waals surface area contributed by atoms with E-state index in [9.17, 15) is 19.3 Å². The summed E-state index contributed by atoms with van der Waals surface area (Å²) in [5.41, 5.74) is -0.638. The summed E-state index contributed by atoms with van der Waals surface area (Å²) in [5.74, 6) is -1.30. The Hall–Kier alpha value is -1.98. The van der Waals surface area contributed by atoms with Crippen LogP contribution in [-0.4, -0.2) is 16.9 Å². The summed E-state index contributed by atoms with van der Waals surface area (Å²) in [4.78, 5) is 21.9. The molecule has 1 unspecified atom stereocenters. The number of hydrogen-bond donors (Lipinski definition) is 1. The van der Waals surface area contributed by atoms with Crippen molar-refractivity contribution in [2.75, 3.05) is 0 Å². The largest absolute Gasteiger partial charge is 0.349 e. The lowest BCUT2D eigenvalue weighted by Gasteiger charge is -2.12. The third-order valence-electron chi connectivity index (χ3n) is 2.50. The highest BCUT2D eigenvalue weighted by molar-refractivity contribution is 5.98. The minimum atomic E-state index is -0.696. The number of benzene rings is 1. The van der Waals surface area contributed by atoms with E-state index in [2.05, 4.69) is 5.32 Å². The number of carbonyl (C=O) groups excluding carboxylic acids is 1. The first kappa shape index (κ1) is 14.1. The van der Waals surface area contributed by atoms with Gasteiger partial charge in [-0.15, -0.1) is 0 Å². The molecule has 98 valence electrons. The number of halogens is 1. The van der Waals surface area contributed by atoms with Gasteiger partial charge in [-0.2, -0.15) is 0 Å². The molecule has 1 N–H and O–H groups in total. The Morgan fingerprint density at radius 2 is 2.22 bits per heavy atom. The number of carbonyl (C=O) groups is 1. The average Bonchev–Trinajstić information content (AvgIpc) is 2.28. The van der Waals surface area contributed by atoms with Gasteiger partial charge in [0.2, 0.25) is 0 Å². The molecule has 0 aromatic heterocycles. The minimum Gasteiger partial charge on any atom is -0.349 e. The molecule has 1 atom stereocenters. The van der Waals surface area contributed by atoms with Crippen molar-refractivity contribution in [3.63, 3.8) is 0 Å². The molecule has 0 aliphatic carbocycles. The first-order valence-corrected chi connectivity index (χ1v) is 5.70. The van der Waals surface area contributed by atoms with Crippen molar-refractivity contribution in [2.24, 2.45) is 0 Å². The SMILES string of the molecule is CCCC(C)NC(=O)c1cc(F)ccc1[N+](=O)[O-]. The fourth-order valence-corrected chi connectivity index (χ4v) is 1.66. The van der Waals surface area contributed by atoms with Crippen molar-refractivity contribution in [3.05, 3.63) is 39.7 Å².